The van der Waals surface area contributed by atoms with E-state index < -0.39 is 11.9 Å². The second kappa shape index (κ2) is 9.78. The Balaban J connectivity index is 1.25. The van der Waals surface area contributed by atoms with Crippen LogP contribution in [0.5, 0.6) is 5.88 Å². The van der Waals surface area contributed by atoms with E-state index in [4.69, 9.17) is 9.72 Å². The number of likely N-dealkylation sites (N-methyl/N-ethyl adjacent to an activating group) is 1. The molecular weight excluding hydrogens is 549 g/mol. The summed E-state index contributed by atoms with van der Waals surface area (Å²) < 4.78 is 47.2. The Hall–Kier alpha value is -4.55. The number of ether oxygens (including phenoxy) is 1. The van der Waals surface area contributed by atoms with Gasteiger partial charge in [0.15, 0.2) is 17.3 Å². The first kappa shape index (κ1) is 26.4. The Morgan fingerprint density at radius 3 is 2.71 bits per heavy atom. The molecule has 0 unspecified atom stereocenters. The van der Waals surface area contributed by atoms with Gasteiger partial charge in [-0.3, -0.25) is 4.79 Å². The van der Waals surface area contributed by atoms with E-state index in [9.17, 15) is 18.0 Å². The molecule has 3 aliphatic rings. The van der Waals surface area contributed by atoms with Gasteiger partial charge in [-0.1, -0.05) is 18.2 Å². The summed E-state index contributed by atoms with van der Waals surface area (Å²) in [5.74, 6) is 1.94. The smallest absolute Gasteiger partial charge is 0.434 e. The fraction of sp³-hybridized carbons (Fsp3) is 0.379. The first-order chi connectivity index (χ1) is 20.2. The lowest BCUT2D eigenvalue weighted by Gasteiger charge is -2.34. The zero-order chi connectivity index (χ0) is 29.2. The molecule has 10 nitrogen and oxygen atoms in total. The maximum absolute atomic E-state index is 13.4. The highest BCUT2D eigenvalue weighted by atomic mass is 19.4. The van der Waals surface area contributed by atoms with Gasteiger partial charge in [-0.25, -0.2) is 24.9 Å². The van der Waals surface area contributed by atoms with E-state index in [0.717, 1.165) is 35.9 Å². The van der Waals surface area contributed by atoms with Gasteiger partial charge in [0.05, 0.1) is 25.5 Å². The van der Waals surface area contributed by atoms with Crippen molar-refractivity contribution in [3.63, 3.8) is 0 Å². The zero-order valence-electron chi connectivity index (χ0n) is 23.0. The number of halogens is 3. The van der Waals surface area contributed by atoms with Crippen molar-refractivity contribution in [2.24, 2.45) is 0 Å². The Labute approximate surface area is 239 Å². The average molecular weight is 577 g/mol. The van der Waals surface area contributed by atoms with Gasteiger partial charge >= 0.3 is 6.18 Å². The Morgan fingerprint density at radius 2 is 1.95 bits per heavy atom. The predicted molar refractivity (Wildman–Crippen MR) is 147 cm³/mol. The van der Waals surface area contributed by atoms with Crippen LogP contribution in [0.2, 0.25) is 0 Å². The molecule has 0 radical (unpaired) electrons. The summed E-state index contributed by atoms with van der Waals surface area (Å²) in [7, 11) is 3.25. The van der Waals surface area contributed by atoms with E-state index in [-0.39, 0.29) is 12.5 Å². The third-order valence-corrected chi connectivity index (χ3v) is 8.03. The van der Waals surface area contributed by atoms with Gasteiger partial charge in [-0.05, 0) is 36.8 Å². The van der Waals surface area contributed by atoms with Crippen LogP contribution in [0.4, 0.5) is 24.7 Å². The molecule has 3 aromatic heterocycles. The van der Waals surface area contributed by atoms with Gasteiger partial charge in [0.25, 0.3) is 0 Å². The Morgan fingerprint density at radius 1 is 1.12 bits per heavy atom. The average Bonchev–Trinajstić information content (AvgIpc) is 3.76. The number of amides is 1. The van der Waals surface area contributed by atoms with Gasteiger partial charge in [-0.15, -0.1) is 0 Å². The van der Waals surface area contributed by atoms with Gasteiger partial charge in [0.2, 0.25) is 11.8 Å². The molecule has 7 rings (SSSR count). The topological polar surface area (TPSA) is 102 Å². The highest BCUT2D eigenvalue weighted by Crippen LogP contribution is 2.45. The minimum absolute atomic E-state index is 0.102. The third kappa shape index (κ3) is 4.52. The molecule has 4 aromatic rings. The lowest BCUT2D eigenvalue weighted by atomic mass is 10.00. The number of rotatable bonds is 5. The second-order valence-corrected chi connectivity index (χ2v) is 10.9. The van der Waals surface area contributed by atoms with Crippen LogP contribution in [0.25, 0.3) is 22.8 Å². The SMILES string of the molecule is COc1ncnc(C2CC2)c1-c1ncc2c(n1)N(Cc1ccc3c(c1)CCCn1cc(C(F)(F)F)nc1-3)CC(=O)N2C. The van der Waals surface area contributed by atoms with Crippen molar-refractivity contribution >= 4 is 17.4 Å². The van der Waals surface area contributed by atoms with Crippen LogP contribution >= 0.6 is 0 Å². The first-order valence-electron chi connectivity index (χ1n) is 13.8. The van der Waals surface area contributed by atoms with E-state index in [1.54, 1.807) is 29.8 Å². The molecule has 42 heavy (non-hydrogen) atoms. The van der Waals surface area contributed by atoms with Crippen molar-refractivity contribution < 1.29 is 22.7 Å². The minimum Gasteiger partial charge on any atom is -0.480 e. The van der Waals surface area contributed by atoms with E-state index in [0.29, 0.717) is 72.0 Å². The number of aryl methyl sites for hydroxylation is 2. The molecule has 0 spiro atoms. The maximum atomic E-state index is 13.4. The summed E-state index contributed by atoms with van der Waals surface area (Å²) in [6.45, 7) is 0.933. The molecule has 216 valence electrons. The van der Waals surface area contributed by atoms with Crippen LogP contribution in [0.3, 0.4) is 0 Å². The van der Waals surface area contributed by atoms with Crippen LogP contribution < -0.4 is 14.5 Å². The number of benzene rings is 1. The molecule has 1 fully saturated rings. The molecule has 2 aliphatic heterocycles. The zero-order valence-corrected chi connectivity index (χ0v) is 23.0. The summed E-state index contributed by atoms with van der Waals surface area (Å²) in [4.78, 5) is 38.7. The number of carbonyl (C=O) groups is 1. The molecule has 1 amide bonds. The molecule has 0 N–H and O–H groups in total. The lowest BCUT2D eigenvalue weighted by molar-refractivity contribution is -0.140. The Bertz CT molecular complexity index is 1720. The summed E-state index contributed by atoms with van der Waals surface area (Å²) >= 11 is 0. The number of fused-ring (bicyclic) bond motifs is 4. The van der Waals surface area contributed by atoms with E-state index in [1.165, 1.54) is 6.33 Å². The van der Waals surface area contributed by atoms with Crippen molar-refractivity contribution in [2.75, 3.05) is 30.5 Å². The fourth-order valence-corrected chi connectivity index (χ4v) is 5.75. The Kier molecular flexibility index (Phi) is 6.13. The van der Waals surface area contributed by atoms with Crippen LogP contribution in [0, 0.1) is 0 Å². The standard InChI is InChI=1S/C29H27F3N8O2/c1-38-20-11-33-25(23-24(17-6-7-17)34-15-35-28(23)42-2)37-27(20)40(14-22(38)41)12-16-5-8-19-18(10-16)4-3-9-39-13-21(29(30,31)32)36-26(19)39/h5,8,10-11,13,15,17H,3-4,6-7,9,12,14H2,1-2H3. The van der Waals surface area contributed by atoms with Crippen LogP contribution in [-0.4, -0.2) is 56.1 Å². The van der Waals surface area contributed by atoms with Crippen molar-refractivity contribution in [3.8, 4) is 28.7 Å². The molecule has 0 bridgehead atoms. The van der Waals surface area contributed by atoms with Gasteiger partial charge in [0.1, 0.15) is 23.4 Å². The van der Waals surface area contributed by atoms with Gasteiger partial charge < -0.3 is 19.1 Å². The fourth-order valence-electron chi connectivity index (χ4n) is 5.75. The largest absolute Gasteiger partial charge is 0.480 e. The highest BCUT2D eigenvalue weighted by Gasteiger charge is 2.36. The number of anilines is 2. The monoisotopic (exact) mass is 576 g/mol. The van der Waals surface area contributed by atoms with E-state index in [1.807, 2.05) is 23.1 Å². The number of alkyl halides is 3. The van der Waals surface area contributed by atoms with Gasteiger partial charge in [0, 0.05) is 37.8 Å². The molecular formula is C29H27F3N8O2. The summed E-state index contributed by atoms with van der Waals surface area (Å²) in [5.41, 5.74) is 3.73. The quantitative estimate of drug-likeness (QED) is 0.339. The molecule has 1 saturated carbocycles. The van der Waals surface area contributed by atoms with Crippen LogP contribution in [0.15, 0.2) is 36.9 Å². The normalized spacial score (nSPS) is 16.5. The number of carbonyl (C=O) groups excluding carboxylic acids is 1. The summed E-state index contributed by atoms with van der Waals surface area (Å²) in [6.07, 6.45) is 3.15. The summed E-state index contributed by atoms with van der Waals surface area (Å²) in [5, 5.41) is 0. The van der Waals surface area contributed by atoms with Crippen LogP contribution in [0.1, 0.15) is 47.7 Å². The molecule has 0 atom stereocenters. The van der Waals surface area contributed by atoms with Crippen molar-refractivity contribution in [2.45, 2.75) is 50.9 Å². The number of aromatic nitrogens is 6. The molecule has 13 heteroatoms. The summed E-state index contributed by atoms with van der Waals surface area (Å²) in [6, 6.07) is 5.70. The van der Waals surface area contributed by atoms with E-state index in [2.05, 4.69) is 19.9 Å². The molecule has 5 heterocycles. The molecule has 0 saturated heterocycles. The van der Waals surface area contributed by atoms with Crippen molar-refractivity contribution in [1.82, 2.24) is 29.5 Å². The van der Waals surface area contributed by atoms with E-state index >= 15 is 0 Å². The lowest BCUT2D eigenvalue weighted by Crippen LogP contribution is -2.44. The first-order valence-corrected chi connectivity index (χ1v) is 13.8. The van der Waals surface area contributed by atoms with Crippen molar-refractivity contribution in [1.29, 1.82) is 0 Å². The minimum atomic E-state index is -4.50. The third-order valence-electron chi connectivity index (χ3n) is 8.03. The number of nitrogens with zero attached hydrogens (tertiary/aromatic N) is 8. The second-order valence-electron chi connectivity index (χ2n) is 10.9. The maximum Gasteiger partial charge on any atom is 0.434 e. The number of hydrogen-bond donors (Lipinski definition) is 0. The molecule has 1 aliphatic carbocycles. The van der Waals surface area contributed by atoms with Crippen molar-refractivity contribution in [3.05, 3.63) is 59.4 Å². The van der Waals surface area contributed by atoms with Gasteiger partial charge in [-0.2, -0.15) is 13.2 Å². The predicted octanol–water partition coefficient (Wildman–Crippen LogP) is 4.63. The number of imidazole rings is 1. The number of hydrogen-bond acceptors (Lipinski definition) is 8. The highest BCUT2D eigenvalue weighted by molar-refractivity contribution is 6.02. The van der Waals surface area contributed by atoms with Crippen LogP contribution in [-0.2, 0) is 30.5 Å². The number of methoxy groups -OCH3 is 1. The molecule has 1 aromatic carbocycles.